The lowest BCUT2D eigenvalue weighted by Gasteiger charge is -2.13. The third kappa shape index (κ3) is 2.21. The summed E-state index contributed by atoms with van der Waals surface area (Å²) in [5.41, 5.74) is 0.855. The van der Waals surface area contributed by atoms with Crippen LogP contribution in [0.2, 0.25) is 0 Å². The molecule has 110 valence electrons. The number of nitrogens with zero attached hydrogens (tertiary/aromatic N) is 1. The van der Waals surface area contributed by atoms with Crippen LogP contribution in [0.3, 0.4) is 0 Å². The summed E-state index contributed by atoms with van der Waals surface area (Å²) in [4.78, 5) is 36.9. The van der Waals surface area contributed by atoms with E-state index >= 15 is 0 Å². The zero-order valence-electron chi connectivity index (χ0n) is 12.0. The van der Waals surface area contributed by atoms with E-state index in [1.807, 2.05) is 26.2 Å². The van der Waals surface area contributed by atoms with Gasteiger partial charge >= 0.3 is 0 Å². The van der Waals surface area contributed by atoms with Crippen LogP contribution in [0.4, 0.5) is 5.69 Å². The average Bonchev–Trinajstić information content (AvgIpc) is 3.10. The Kier molecular flexibility index (Phi) is 3.06. The Hall–Kier alpha value is -2.21. The van der Waals surface area contributed by atoms with Crippen molar-refractivity contribution in [2.24, 2.45) is 5.92 Å². The van der Waals surface area contributed by atoms with Crippen molar-refractivity contribution < 1.29 is 14.4 Å². The largest absolute Gasteiger partial charge is 0.325 e. The average molecular weight is 287 g/mol. The number of hydrogen-bond donors (Lipinski definition) is 2. The fraction of sp³-hybridized carbons (Fsp3) is 0.400. The number of nitrogens with one attached hydrogen (secondary N) is 2. The Morgan fingerprint density at radius 3 is 2.48 bits per heavy atom. The summed E-state index contributed by atoms with van der Waals surface area (Å²) in [6, 6.07) is 7.15. The van der Waals surface area contributed by atoms with Crippen molar-refractivity contribution >= 4 is 23.4 Å². The molecule has 6 nitrogen and oxygen atoms in total. The third-order valence-electron chi connectivity index (χ3n) is 4.06. The summed E-state index contributed by atoms with van der Waals surface area (Å²) in [5, 5.41) is 5.16. The van der Waals surface area contributed by atoms with Crippen LogP contribution in [0.15, 0.2) is 24.3 Å². The number of piperidine rings is 1. The van der Waals surface area contributed by atoms with Gasteiger partial charge in [0.05, 0.1) is 17.9 Å². The van der Waals surface area contributed by atoms with E-state index < -0.39 is 5.41 Å². The van der Waals surface area contributed by atoms with Crippen molar-refractivity contribution in [3.8, 4) is 0 Å². The predicted molar refractivity (Wildman–Crippen MR) is 76.6 cm³/mol. The van der Waals surface area contributed by atoms with Crippen molar-refractivity contribution in [2.75, 3.05) is 26.0 Å². The quantitative estimate of drug-likeness (QED) is 0.770. The minimum Gasteiger partial charge on any atom is -0.325 e. The van der Waals surface area contributed by atoms with Gasteiger partial charge in [0.25, 0.3) is 0 Å². The highest BCUT2D eigenvalue weighted by atomic mass is 16.2. The minimum atomic E-state index is -0.663. The monoisotopic (exact) mass is 287 g/mol. The lowest BCUT2D eigenvalue weighted by atomic mass is 9.94. The van der Waals surface area contributed by atoms with Gasteiger partial charge in [0, 0.05) is 5.69 Å². The van der Waals surface area contributed by atoms with Gasteiger partial charge in [-0.25, -0.2) is 0 Å². The van der Waals surface area contributed by atoms with Gasteiger partial charge < -0.3 is 10.2 Å². The molecule has 1 heterocycles. The van der Waals surface area contributed by atoms with Gasteiger partial charge in [-0.3, -0.25) is 19.7 Å². The fourth-order valence-electron chi connectivity index (χ4n) is 2.93. The normalized spacial score (nSPS) is 26.5. The molecule has 1 saturated carbocycles. The van der Waals surface area contributed by atoms with Gasteiger partial charge in [0.15, 0.2) is 0 Å². The minimum absolute atomic E-state index is 0.0935. The van der Waals surface area contributed by atoms with E-state index in [1.165, 1.54) is 0 Å². The molecule has 0 radical (unpaired) electrons. The van der Waals surface area contributed by atoms with E-state index in [4.69, 9.17) is 0 Å². The highest BCUT2D eigenvalue weighted by Crippen LogP contribution is 2.57. The molecule has 2 aliphatic rings. The van der Waals surface area contributed by atoms with E-state index in [0.717, 1.165) is 5.56 Å². The molecule has 0 spiro atoms. The first-order valence-electron chi connectivity index (χ1n) is 6.84. The second-order valence-corrected chi connectivity index (χ2v) is 5.91. The molecule has 1 aliphatic heterocycles. The van der Waals surface area contributed by atoms with Crippen LogP contribution < -0.4 is 10.6 Å². The predicted octanol–water partition coefficient (Wildman–Crippen LogP) is 0.101. The Bertz CT molecular complexity index is 624. The second-order valence-electron chi connectivity index (χ2n) is 5.91. The van der Waals surface area contributed by atoms with Crippen LogP contribution in [0.25, 0.3) is 0 Å². The van der Waals surface area contributed by atoms with Gasteiger partial charge in [-0.2, -0.15) is 0 Å². The van der Waals surface area contributed by atoms with Crippen LogP contribution in [0.1, 0.15) is 12.0 Å². The summed E-state index contributed by atoms with van der Waals surface area (Å²) >= 11 is 0. The van der Waals surface area contributed by atoms with Crippen LogP contribution in [-0.4, -0.2) is 43.3 Å². The van der Waals surface area contributed by atoms with E-state index in [9.17, 15) is 14.4 Å². The van der Waals surface area contributed by atoms with Crippen LogP contribution in [0, 0.1) is 5.92 Å². The molecule has 6 heteroatoms. The van der Waals surface area contributed by atoms with Gasteiger partial charge in [0.1, 0.15) is 0 Å². The van der Waals surface area contributed by atoms with Crippen molar-refractivity contribution in [1.82, 2.24) is 10.2 Å². The van der Waals surface area contributed by atoms with E-state index in [-0.39, 0.29) is 23.6 Å². The van der Waals surface area contributed by atoms with Crippen LogP contribution >= 0.6 is 0 Å². The lowest BCUT2D eigenvalue weighted by Crippen LogP contribution is -2.30. The third-order valence-corrected chi connectivity index (χ3v) is 4.06. The maximum atomic E-state index is 11.9. The molecule has 1 aromatic carbocycles. The van der Waals surface area contributed by atoms with Gasteiger partial charge in [-0.05, 0) is 38.2 Å². The van der Waals surface area contributed by atoms with Gasteiger partial charge in [-0.1, -0.05) is 12.1 Å². The maximum absolute atomic E-state index is 11.9. The smallest absolute Gasteiger partial charge is 0.238 e. The number of anilines is 1. The van der Waals surface area contributed by atoms with Crippen LogP contribution in [-0.2, 0) is 19.8 Å². The zero-order chi connectivity index (χ0) is 15.2. The lowest BCUT2D eigenvalue weighted by molar-refractivity contribution is -0.127. The molecular weight excluding hydrogens is 270 g/mol. The maximum Gasteiger partial charge on any atom is 0.238 e. The number of fused-ring (bicyclic) bond motifs is 1. The molecule has 1 unspecified atom stereocenters. The first-order chi connectivity index (χ1) is 9.93. The summed E-state index contributed by atoms with van der Waals surface area (Å²) in [5.74, 6) is -0.701. The van der Waals surface area contributed by atoms with Crippen molar-refractivity contribution in [1.29, 1.82) is 0 Å². The van der Waals surface area contributed by atoms with Crippen molar-refractivity contribution in [3.05, 3.63) is 29.8 Å². The molecule has 1 saturated heterocycles. The van der Waals surface area contributed by atoms with E-state index in [0.29, 0.717) is 18.7 Å². The van der Waals surface area contributed by atoms with Gasteiger partial charge in [-0.15, -0.1) is 0 Å². The number of rotatable bonds is 4. The Morgan fingerprint density at radius 1 is 1.33 bits per heavy atom. The number of amides is 3. The molecule has 1 aromatic rings. The molecule has 1 aliphatic carbocycles. The topological polar surface area (TPSA) is 78.5 Å². The number of hydrogen-bond acceptors (Lipinski definition) is 4. The summed E-state index contributed by atoms with van der Waals surface area (Å²) < 4.78 is 0. The summed E-state index contributed by atoms with van der Waals surface area (Å²) in [7, 11) is 3.65. The summed E-state index contributed by atoms with van der Waals surface area (Å²) in [6.07, 6.45) is 0.587. The summed E-state index contributed by atoms with van der Waals surface area (Å²) in [6.45, 7) is 0.310. The second kappa shape index (κ2) is 4.66. The number of carbonyl (C=O) groups is 3. The van der Waals surface area contributed by atoms with Crippen molar-refractivity contribution in [2.45, 2.75) is 11.8 Å². The van der Waals surface area contributed by atoms with Crippen LogP contribution in [0.5, 0.6) is 0 Å². The standard InChI is InChI=1S/C15H17N3O3/c1-18(2)8-12(19)16-10-5-3-9(4-6-10)15-7-11(15)13(20)17-14(15)21/h3-6,11H,7-8H2,1-2H3,(H,16,19)(H,17,20,21)/t11-,15?/m0/s1. The number of benzene rings is 1. The number of likely N-dealkylation sites (N-methyl/N-ethyl adjacent to an activating group) is 1. The van der Waals surface area contributed by atoms with E-state index in [2.05, 4.69) is 10.6 Å². The zero-order valence-corrected chi connectivity index (χ0v) is 12.0. The highest BCUT2D eigenvalue weighted by molar-refractivity contribution is 6.15. The molecule has 3 amide bonds. The molecule has 2 N–H and O–H groups in total. The molecule has 0 bridgehead atoms. The Balaban J connectivity index is 1.73. The number of carbonyl (C=O) groups excluding carboxylic acids is 3. The Morgan fingerprint density at radius 2 is 2.00 bits per heavy atom. The fourth-order valence-corrected chi connectivity index (χ4v) is 2.93. The van der Waals surface area contributed by atoms with Crippen molar-refractivity contribution in [3.63, 3.8) is 0 Å². The highest BCUT2D eigenvalue weighted by Gasteiger charge is 2.69. The molecular formula is C15H17N3O3. The first kappa shape index (κ1) is 13.8. The first-order valence-corrected chi connectivity index (χ1v) is 6.84. The Labute approximate surface area is 122 Å². The molecule has 0 aromatic heterocycles. The molecule has 2 atom stereocenters. The molecule has 3 rings (SSSR count). The molecule has 2 fully saturated rings. The number of imide groups is 1. The molecule has 21 heavy (non-hydrogen) atoms. The van der Waals surface area contributed by atoms with Gasteiger partial charge in [0.2, 0.25) is 17.7 Å². The SMILES string of the molecule is CN(C)CC(=O)Nc1ccc(C23C[C@H]2C(=O)NC3=O)cc1. The van der Waals surface area contributed by atoms with E-state index in [1.54, 1.807) is 17.0 Å².